The molecule has 0 aliphatic rings. The first-order chi connectivity index (χ1) is 13.9. The third kappa shape index (κ3) is 6.75. The number of hydrogen-bond donors (Lipinski definition) is 1. The second-order valence-electron chi connectivity index (χ2n) is 6.78. The van der Waals surface area contributed by atoms with Gasteiger partial charge in [-0.05, 0) is 49.6 Å². The van der Waals surface area contributed by atoms with Gasteiger partial charge in [0.25, 0.3) is 11.8 Å². The summed E-state index contributed by atoms with van der Waals surface area (Å²) in [6.45, 7) is 6.73. The van der Waals surface area contributed by atoms with Crippen LogP contribution in [-0.2, 0) is 14.3 Å². The van der Waals surface area contributed by atoms with Gasteiger partial charge >= 0.3 is 5.97 Å². The van der Waals surface area contributed by atoms with Crippen LogP contribution in [0, 0.1) is 0 Å². The van der Waals surface area contributed by atoms with E-state index in [9.17, 15) is 14.4 Å². The molecule has 6 heteroatoms. The highest BCUT2D eigenvalue weighted by Crippen LogP contribution is 2.19. The lowest BCUT2D eigenvalue weighted by Gasteiger charge is -2.18. The van der Waals surface area contributed by atoms with Crippen molar-refractivity contribution < 1.29 is 19.1 Å². The Balaban J connectivity index is 1.80. The number of nitrogens with zero attached hydrogens (tertiary/aromatic N) is 1. The van der Waals surface area contributed by atoms with Crippen LogP contribution in [0.2, 0.25) is 0 Å². The molecule has 0 unspecified atom stereocenters. The van der Waals surface area contributed by atoms with Gasteiger partial charge in [0, 0.05) is 24.3 Å². The molecule has 0 radical (unpaired) electrons. The number of carbonyl (C=O) groups is 3. The van der Waals surface area contributed by atoms with Crippen LogP contribution in [0.4, 0.5) is 5.69 Å². The first kappa shape index (κ1) is 22.1. The zero-order valence-corrected chi connectivity index (χ0v) is 17.2. The van der Waals surface area contributed by atoms with E-state index in [1.807, 2.05) is 51.1 Å². The Morgan fingerprint density at radius 1 is 0.966 bits per heavy atom. The fraction of sp³-hybridized carbons (Fsp3) is 0.348. The molecule has 0 saturated carbocycles. The van der Waals surface area contributed by atoms with Crippen molar-refractivity contribution in [3.8, 4) is 0 Å². The number of carbonyl (C=O) groups excluding carboxylic acids is 3. The van der Waals surface area contributed by atoms with Crippen LogP contribution in [0.25, 0.3) is 0 Å². The van der Waals surface area contributed by atoms with Crippen LogP contribution in [0.1, 0.15) is 49.0 Å². The summed E-state index contributed by atoms with van der Waals surface area (Å²) >= 11 is 0. The van der Waals surface area contributed by atoms with Crippen molar-refractivity contribution in [2.24, 2.45) is 0 Å². The molecule has 29 heavy (non-hydrogen) atoms. The second-order valence-corrected chi connectivity index (χ2v) is 6.78. The van der Waals surface area contributed by atoms with Gasteiger partial charge in [0.1, 0.15) is 0 Å². The van der Waals surface area contributed by atoms with Crippen LogP contribution in [0.15, 0.2) is 54.6 Å². The van der Waals surface area contributed by atoms with Crippen molar-refractivity contribution in [1.29, 1.82) is 0 Å². The maximum atomic E-state index is 12.3. The molecule has 0 spiro atoms. The summed E-state index contributed by atoms with van der Waals surface area (Å²) in [6.07, 6.45) is 0.208. The monoisotopic (exact) mass is 396 g/mol. The third-order valence-corrected chi connectivity index (χ3v) is 4.67. The van der Waals surface area contributed by atoms with Crippen LogP contribution < -0.4 is 5.32 Å². The largest absolute Gasteiger partial charge is 0.456 e. The Hall–Kier alpha value is -3.15. The van der Waals surface area contributed by atoms with Gasteiger partial charge in [-0.25, -0.2) is 0 Å². The molecule has 0 aliphatic carbocycles. The van der Waals surface area contributed by atoms with Gasteiger partial charge in [-0.15, -0.1) is 0 Å². The molecule has 2 rings (SSSR count). The maximum Gasteiger partial charge on any atom is 0.306 e. The van der Waals surface area contributed by atoms with Crippen molar-refractivity contribution in [3.63, 3.8) is 0 Å². The summed E-state index contributed by atoms with van der Waals surface area (Å²) in [5.74, 6) is -0.873. The summed E-state index contributed by atoms with van der Waals surface area (Å²) < 4.78 is 5.08. The van der Waals surface area contributed by atoms with E-state index in [4.69, 9.17) is 4.74 Å². The first-order valence-corrected chi connectivity index (χ1v) is 9.84. The fourth-order valence-electron chi connectivity index (χ4n) is 2.94. The first-order valence-electron chi connectivity index (χ1n) is 9.84. The van der Waals surface area contributed by atoms with Crippen molar-refractivity contribution in [2.45, 2.75) is 33.1 Å². The molecule has 0 aromatic heterocycles. The van der Waals surface area contributed by atoms with E-state index in [0.29, 0.717) is 24.3 Å². The predicted molar refractivity (Wildman–Crippen MR) is 113 cm³/mol. The van der Waals surface area contributed by atoms with Crippen LogP contribution in [0.5, 0.6) is 0 Å². The van der Waals surface area contributed by atoms with Gasteiger partial charge in [-0.1, -0.05) is 37.3 Å². The van der Waals surface area contributed by atoms with Crippen LogP contribution >= 0.6 is 0 Å². The number of anilines is 1. The number of amides is 2. The summed E-state index contributed by atoms with van der Waals surface area (Å²) in [6, 6.07) is 16.3. The van der Waals surface area contributed by atoms with Gasteiger partial charge < -0.3 is 15.0 Å². The number of rotatable bonds is 9. The highest BCUT2D eigenvalue weighted by molar-refractivity contribution is 5.96. The van der Waals surface area contributed by atoms with Crippen molar-refractivity contribution >= 4 is 23.5 Å². The van der Waals surface area contributed by atoms with Crippen LogP contribution in [-0.4, -0.2) is 42.4 Å². The number of ether oxygens (including phenoxy) is 1. The molecule has 0 aliphatic heterocycles. The zero-order valence-electron chi connectivity index (χ0n) is 17.2. The molecule has 6 nitrogen and oxygen atoms in total. The van der Waals surface area contributed by atoms with Crippen molar-refractivity contribution in [1.82, 2.24) is 4.90 Å². The average Bonchev–Trinajstić information content (AvgIpc) is 2.74. The van der Waals surface area contributed by atoms with E-state index in [1.54, 1.807) is 29.2 Å². The molecule has 2 aromatic rings. The molecule has 1 N–H and O–H groups in total. The Kier molecular flexibility index (Phi) is 8.40. The summed E-state index contributed by atoms with van der Waals surface area (Å²) in [5.41, 5.74) is 2.15. The Morgan fingerprint density at radius 3 is 2.17 bits per heavy atom. The smallest absolute Gasteiger partial charge is 0.306 e. The normalized spacial score (nSPS) is 11.4. The lowest BCUT2D eigenvalue weighted by Crippen LogP contribution is -2.30. The van der Waals surface area contributed by atoms with Gasteiger partial charge in [0.05, 0.1) is 6.42 Å². The topological polar surface area (TPSA) is 75.7 Å². The SMILES string of the molecule is CCN(CC)C(=O)c1ccc(NC(=O)COC(=O)C[C@H](C)c2ccccc2)cc1. The molecule has 0 bridgehead atoms. The van der Waals surface area contributed by atoms with Crippen molar-refractivity contribution in [2.75, 3.05) is 25.0 Å². The number of hydrogen-bond acceptors (Lipinski definition) is 4. The molecule has 2 amide bonds. The molecule has 0 heterocycles. The minimum atomic E-state index is -0.423. The number of nitrogens with one attached hydrogen (secondary N) is 1. The number of esters is 1. The quantitative estimate of drug-likeness (QED) is 0.654. The molecule has 154 valence electrons. The van der Waals surface area contributed by atoms with E-state index >= 15 is 0 Å². The van der Waals surface area contributed by atoms with Gasteiger partial charge in [0.15, 0.2) is 6.61 Å². The van der Waals surface area contributed by atoms with E-state index in [0.717, 1.165) is 5.56 Å². The minimum absolute atomic E-state index is 0.0163. The molecule has 1 atom stereocenters. The minimum Gasteiger partial charge on any atom is -0.456 e. The van der Waals surface area contributed by atoms with E-state index < -0.39 is 11.9 Å². The van der Waals surface area contributed by atoms with E-state index in [-0.39, 0.29) is 24.9 Å². The highest BCUT2D eigenvalue weighted by atomic mass is 16.5. The van der Waals surface area contributed by atoms with Gasteiger partial charge in [-0.2, -0.15) is 0 Å². The second kappa shape index (κ2) is 11.0. The average molecular weight is 396 g/mol. The lowest BCUT2D eigenvalue weighted by atomic mass is 9.98. The summed E-state index contributed by atoms with van der Waals surface area (Å²) in [4.78, 5) is 38.0. The molecule has 0 fully saturated rings. The maximum absolute atomic E-state index is 12.3. The zero-order chi connectivity index (χ0) is 21.2. The number of benzene rings is 2. The van der Waals surface area contributed by atoms with E-state index in [1.165, 1.54) is 0 Å². The lowest BCUT2D eigenvalue weighted by molar-refractivity contribution is -0.147. The third-order valence-electron chi connectivity index (χ3n) is 4.67. The standard InChI is InChI=1S/C23H28N2O4/c1-4-25(5-2)23(28)19-11-13-20(14-12-19)24-21(26)16-29-22(27)15-17(3)18-9-7-6-8-10-18/h6-14,17H,4-5,15-16H2,1-3H3,(H,24,26)/t17-/m0/s1. The van der Waals surface area contributed by atoms with Gasteiger partial charge in [-0.3, -0.25) is 14.4 Å². The summed E-state index contributed by atoms with van der Waals surface area (Å²) in [5, 5.41) is 2.66. The Bertz CT molecular complexity index is 815. The van der Waals surface area contributed by atoms with E-state index in [2.05, 4.69) is 5.32 Å². The Labute approximate surface area is 171 Å². The van der Waals surface area contributed by atoms with Crippen molar-refractivity contribution in [3.05, 3.63) is 65.7 Å². The molecular formula is C23H28N2O4. The predicted octanol–water partition coefficient (Wildman–Crippen LogP) is 3.84. The van der Waals surface area contributed by atoms with Crippen LogP contribution in [0.3, 0.4) is 0 Å². The van der Waals surface area contributed by atoms with Gasteiger partial charge in [0.2, 0.25) is 0 Å². The molecule has 0 saturated heterocycles. The fourth-order valence-corrected chi connectivity index (χ4v) is 2.94. The molecule has 2 aromatic carbocycles. The molecular weight excluding hydrogens is 368 g/mol. The summed E-state index contributed by atoms with van der Waals surface area (Å²) in [7, 11) is 0. The Morgan fingerprint density at radius 2 is 1.59 bits per heavy atom. The highest BCUT2D eigenvalue weighted by Gasteiger charge is 2.15.